The molecule has 0 saturated carbocycles. The molecule has 0 aliphatic carbocycles. The zero-order valence-electron chi connectivity index (χ0n) is 11.2. The summed E-state index contributed by atoms with van der Waals surface area (Å²) in [5.74, 6) is 0. The zero-order valence-corrected chi connectivity index (χ0v) is 12.8. The molecule has 0 spiro atoms. The third kappa shape index (κ3) is 3.30. The quantitative estimate of drug-likeness (QED) is 0.777. The minimum Gasteiger partial charge on any atom is -0.305 e. The smallest absolute Gasteiger partial charge is 0.107 e. The molecule has 0 atom stereocenters. The molecule has 0 aliphatic rings. The fourth-order valence-corrected chi connectivity index (χ4v) is 3.31. The monoisotopic (exact) mass is 301 g/mol. The number of aromatic nitrogens is 2. The van der Waals surface area contributed by atoms with Crippen LogP contribution in [0.1, 0.15) is 15.7 Å². The average Bonchev–Trinajstić information content (AvgIpc) is 3.09. The maximum absolute atomic E-state index is 4.66. The highest BCUT2D eigenvalue weighted by Gasteiger charge is 2.04. The predicted molar refractivity (Wildman–Crippen MR) is 84.9 cm³/mol. The topological polar surface area (TPSA) is 37.8 Å². The Balaban J connectivity index is 1.58. The minimum absolute atomic E-state index is 0.786. The first-order valence-electron chi connectivity index (χ1n) is 6.43. The predicted octanol–water partition coefficient (Wildman–Crippen LogP) is 3.86. The number of hydrogen-bond acceptors (Lipinski definition) is 5. The molecule has 0 bridgehead atoms. The van der Waals surface area contributed by atoms with Gasteiger partial charge < -0.3 is 5.32 Å². The van der Waals surface area contributed by atoms with E-state index in [-0.39, 0.29) is 0 Å². The number of thiazole rings is 2. The number of aryl methyl sites for hydroxylation is 1. The van der Waals surface area contributed by atoms with Crippen LogP contribution in [-0.2, 0) is 13.1 Å². The lowest BCUT2D eigenvalue weighted by molar-refractivity contribution is 0.679. The summed E-state index contributed by atoms with van der Waals surface area (Å²) in [6, 6.07) is 10.3. The van der Waals surface area contributed by atoms with Crippen molar-refractivity contribution in [2.75, 3.05) is 0 Å². The number of benzene rings is 1. The maximum Gasteiger partial charge on any atom is 0.107 e. The Bertz CT molecular complexity index is 673. The van der Waals surface area contributed by atoms with E-state index in [9.17, 15) is 0 Å². The van der Waals surface area contributed by atoms with Crippen molar-refractivity contribution >= 4 is 22.7 Å². The summed E-state index contributed by atoms with van der Waals surface area (Å²) in [5, 5.41) is 9.82. The van der Waals surface area contributed by atoms with Crippen molar-refractivity contribution in [1.29, 1.82) is 0 Å². The highest BCUT2D eigenvalue weighted by atomic mass is 32.1. The van der Waals surface area contributed by atoms with Crippen LogP contribution in [0.2, 0.25) is 0 Å². The first-order valence-corrected chi connectivity index (χ1v) is 8.19. The maximum atomic E-state index is 4.66. The van der Waals surface area contributed by atoms with Gasteiger partial charge in [0.15, 0.2) is 0 Å². The van der Waals surface area contributed by atoms with E-state index in [1.54, 1.807) is 22.7 Å². The van der Waals surface area contributed by atoms with E-state index in [1.165, 1.54) is 5.56 Å². The van der Waals surface area contributed by atoms with Crippen molar-refractivity contribution in [2.24, 2.45) is 0 Å². The Morgan fingerprint density at radius 2 is 1.85 bits per heavy atom. The van der Waals surface area contributed by atoms with Gasteiger partial charge in [-0.3, -0.25) is 0 Å². The largest absolute Gasteiger partial charge is 0.305 e. The van der Waals surface area contributed by atoms with Gasteiger partial charge in [0.05, 0.1) is 16.4 Å². The van der Waals surface area contributed by atoms with E-state index in [4.69, 9.17) is 0 Å². The molecule has 3 rings (SSSR count). The fraction of sp³-hybridized carbons (Fsp3) is 0.200. The van der Waals surface area contributed by atoms with Gasteiger partial charge in [-0.25, -0.2) is 9.97 Å². The van der Waals surface area contributed by atoms with Crippen LogP contribution < -0.4 is 5.32 Å². The molecule has 2 aromatic heterocycles. The molecular formula is C15H15N3S2. The Labute approximate surface area is 126 Å². The second-order valence-corrected chi connectivity index (χ2v) is 6.46. The molecule has 0 fully saturated rings. The molecule has 3 aromatic rings. The first kappa shape index (κ1) is 13.4. The average molecular weight is 301 g/mol. The zero-order chi connectivity index (χ0) is 13.8. The molecule has 5 heteroatoms. The van der Waals surface area contributed by atoms with Gasteiger partial charge in [0, 0.05) is 29.4 Å². The number of nitrogens with one attached hydrogen (secondary N) is 1. The van der Waals surface area contributed by atoms with E-state index in [0.29, 0.717) is 0 Å². The van der Waals surface area contributed by atoms with E-state index in [2.05, 4.69) is 38.2 Å². The highest BCUT2D eigenvalue weighted by Crippen LogP contribution is 2.21. The fourth-order valence-electron chi connectivity index (χ4n) is 1.92. The second kappa shape index (κ2) is 6.26. The van der Waals surface area contributed by atoms with Gasteiger partial charge in [0.2, 0.25) is 0 Å². The van der Waals surface area contributed by atoms with Crippen molar-refractivity contribution in [3.63, 3.8) is 0 Å². The summed E-state index contributed by atoms with van der Waals surface area (Å²) in [5.41, 5.74) is 3.33. The molecule has 2 heterocycles. The third-order valence-electron chi connectivity index (χ3n) is 2.87. The van der Waals surface area contributed by atoms with E-state index in [1.807, 2.05) is 25.1 Å². The summed E-state index contributed by atoms with van der Waals surface area (Å²) in [6.07, 6.45) is 0. The van der Waals surface area contributed by atoms with Crippen molar-refractivity contribution in [3.05, 3.63) is 56.8 Å². The summed E-state index contributed by atoms with van der Waals surface area (Å²) in [4.78, 5) is 9.09. The second-order valence-electron chi connectivity index (χ2n) is 4.45. The Hall–Kier alpha value is -1.56. The SMILES string of the molecule is Cc1nc(CNCc2nc(-c3ccccc3)cs2)cs1. The van der Waals surface area contributed by atoms with Crippen molar-refractivity contribution in [2.45, 2.75) is 20.0 Å². The normalized spacial score (nSPS) is 10.8. The van der Waals surface area contributed by atoms with Crippen LogP contribution in [0, 0.1) is 6.92 Å². The van der Waals surface area contributed by atoms with Crippen molar-refractivity contribution in [3.8, 4) is 11.3 Å². The molecule has 0 amide bonds. The summed E-state index contributed by atoms with van der Waals surface area (Å²) in [6.45, 7) is 3.61. The standard InChI is InChI=1S/C15H15N3S2/c1-11-17-13(9-19-11)7-16-8-15-18-14(10-20-15)12-5-3-2-4-6-12/h2-6,9-10,16H,7-8H2,1H3. The van der Waals surface area contributed by atoms with Crippen LogP contribution in [-0.4, -0.2) is 9.97 Å². The lowest BCUT2D eigenvalue weighted by Gasteiger charge is -1.99. The van der Waals surface area contributed by atoms with Crippen LogP contribution in [0.3, 0.4) is 0 Å². The third-order valence-corrected chi connectivity index (χ3v) is 4.54. The summed E-state index contributed by atoms with van der Waals surface area (Å²) < 4.78 is 0. The van der Waals surface area contributed by atoms with E-state index < -0.39 is 0 Å². The van der Waals surface area contributed by atoms with Crippen LogP contribution in [0.15, 0.2) is 41.1 Å². The lowest BCUT2D eigenvalue weighted by Crippen LogP contribution is -2.12. The molecule has 20 heavy (non-hydrogen) atoms. The van der Waals surface area contributed by atoms with Gasteiger partial charge in [0.25, 0.3) is 0 Å². The van der Waals surface area contributed by atoms with Gasteiger partial charge in [-0.1, -0.05) is 30.3 Å². The lowest BCUT2D eigenvalue weighted by atomic mass is 10.2. The van der Waals surface area contributed by atoms with Gasteiger partial charge in [-0.2, -0.15) is 0 Å². The molecular weight excluding hydrogens is 286 g/mol. The van der Waals surface area contributed by atoms with Crippen LogP contribution >= 0.6 is 22.7 Å². The van der Waals surface area contributed by atoms with Gasteiger partial charge in [0.1, 0.15) is 5.01 Å². The summed E-state index contributed by atoms with van der Waals surface area (Å²) in [7, 11) is 0. The minimum atomic E-state index is 0.786. The molecule has 0 saturated heterocycles. The Kier molecular flexibility index (Phi) is 4.20. The Morgan fingerprint density at radius 1 is 1.00 bits per heavy atom. The molecule has 0 radical (unpaired) electrons. The first-order chi connectivity index (χ1) is 9.81. The number of hydrogen-bond donors (Lipinski definition) is 1. The molecule has 3 nitrogen and oxygen atoms in total. The van der Waals surface area contributed by atoms with Gasteiger partial charge in [-0.15, -0.1) is 22.7 Å². The van der Waals surface area contributed by atoms with Gasteiger partial charge in [-0.05, 0) is 6.92 Å². The molecule has 1 N–H and O–H groups in total. The van der Waals surface area contributed by atoms with Crippen molar-refractivity contribution < 1.29 is 0 Å². The van der Waals surface area contributed by atoms with Crippen LogP contribution in [0.5, 0.6) is 0 Å². The number of rotatable bonds is 5. The molecule has 102 valence electrons. The molecule has 1 aromatic carbocycles. The molecule has 0 unspecified atom stereocenters. The van der Waals surface area contributed by atoms with E-state index in [0.717, 1.165) is 34.5 Å². The Morgan fingerprint density at radius 3 is 2.60 bits per heavy atom. The van der Waals surface area contributed by atoms with Gasteiger partial charge >= 0.3 is 0 Å². The number of nitrogens with zero attached hydrogens (tertiary/aromatic N) is 2. The van der Waals surface area contributed by atoms with Crippen LogP contribution in [0.25, 0.3) is 11.3 Å². The van der Waals surface area contributed by atoms with E-state index >= 15 is 0 Å². The van der Waals surface area contributed by atoms with Crippen LogP contribution in [0.4, 0.5) is 0 Å². The highest BCUT2D eigenvalue weighted by molar-refractivity contribution is 7.10. The summed E-state index contributed by atoms with van der Waals surface area (Å²) >= 11 is 3.38. The van der Waals surface area contributed by atoms with Crippen molar-refractivity contribution in [1.82, 2.24) is 15.3 Å². The molecule has 0 aliphatic heterocycles.